The number of likely N-dealkylation sites (tertiary alicyclic amines) is 1. The van der Waals surface area contributed by atoms with Crippen molar-refractivity contribution in [2.75, 3.05) is 24.5 Å². The van der Waals surface area contributed by atoms with E-state index in [1.54, 1.807) is 0 Å². The molecule has 29 heavy (non-hydrogen) atoms. The van der Waals surface area contributed by atoms with E-state index in [4.69, 9.17) is 11.6 Å². The molecule has 0 amide bonds. The Morgan fingerprint density at radius 1 is 1.21 bits per heavy atom. The lowest BCUT2D eigenvalue weighted by molar-refractivity contribution is -0.148. The lowest BCUT2D eigenvalue weighted by Gasteiger charge is -2.48. The molecule has 154 valence electrons. The maximum absolute atomic E-state index is 11.5. The van der Waals surface area contributed by atoms with Gasteiger partial charge in [-0.1, -0.05) is 23.7 Å². The van der Waals surface area contributed by atoms with E-state index in [0.29, 0.717) is 13.1 Å². The van der Waals surface area contributed by atoms with Crippen LogP contribution in [0.2, 0.25) is 5.02 Å². The summed E-state index contributed by atoms with van der Waals surface area (Å²) in [7, 11) is 0. The second kappa shape index (κ2) is 8.00. The number of fused-ring (bicyclic) bond motifs is 1. The second-order valence-corrected chi connectivity index (χ2v) is 8.78. The van der Waals surface area contributed by atoms with Crippen molar-refractivity contribution >= 4 is 23.3 Å². The van der Waals surface area contributed by atoms with Crippen LogP contribution in [0.5, 0.6) is 0 Å². The number of hydrogen-bond acceptors (Lipinski definition) is 3. The van der Waals surface area contributed by atoms with Gasteiger partial charge in [0.05, 0.1) is 5.92 Å². The quantitative estimate of drug-likeness (QED) is 0.726. The van der Waals surface area contributed by atoms with Crippen molar-refractivity contribution in [2.24, 2.45) is 5.92 Å². The predicted octanol–water partition coefficient (Wildman–Crippen LogP) is 4.99. The molecule has 0 bridgehead atoms. The van der Waals surface area contributed by atoms with Crippen LogP contribution in [-0.4, -0.2) is 35.6 Å². The number of carbonyl (C=O) groups is 1. The third-order valence-corrected chi connectivity index (χ3v) is 6.94. The van der Waals surface area contributed by atoms with Gasteiger partial charge >= 0.3 is 5.97 Å². The molecule has 4 rings (SSSR count). The zero-order valence-electron chi connectivity index (χ0n) is 17.4. The van der Waals surface area contributed by atoms with Crippen LogP contribution in [0, 0.1) is 19.8 Å². The smallest absolute Gasteiger partial charge is 0.309 e. The van der Waals surface area contributed by atoms with Crippen LogP contribution in [0.15, 0.2) is 30.3 Å². The largest absolute Gasteiger partial charge is 0.481 e. The molecular weight excluding hydrogens is 384 g/mol. The summed E-state index contributed by atoms with van der Waals surface area (Å²) in [5, 5.41) is 10.2. The van der Waals surface area contributed by atoms with Crippen molar-refractivity contribution in [3.8, 4) is 0 Å². The summed E-state index contributed by atoms with van der Waals surface area (Å²) in [6, 6.07) is 10.7. The predicted molar refractivity (Wildman–Crippen MR) is 118 cm³/mol. The molecule has 1 heterocycles. The topological polar surface area (TPSA) is 43.8 Å². The number of carboxylic acid groups (broad SMARTS) is 1. The third kappa shape index (κ3) is 3.64. The molecule has 5 heteroatoms. The first-order valence-electron chi connectivity index (χ1n) is 10.5. The Bertz CT molecular complexity index is 937. The van der Waals surface area contributed by atoms with Gasteiger partial charge in [0.2, 0.25) is 0 Å². The Balaban J connectivity index is 1.80. The number of halogens is 1. The first-order valence-corrected chi connectivity index (χ1v) is 10.9. The maximum Gasteiger partial charge on any atom is 0.309 e. The molecule has 1 unspecified atom stereocenters. The van der Waals surface area contributed by atoms with Gasteiger partial charge in [-0.05, 0) is 86.1 Å². The fourth-order valence-electron chi connectivity index (χ4n) is 4.88. The van der Waals surface area contributed by atoms with Crippen LogP contribution in [0.25, 0.3) is 0 Å². The summed E-state index contributed by atoms with van der Waals surface area (Å²) < 4.78 is 0. The number of aryl methyl sites for hydroxylation is 3. The fraction of sp³-hybridized carbons (Fsp3) is 0.458. The zero-order chi connectivity index (χ0) is 20.7. The van der Waals surface area contributed by atoms with Crippen LogP contribution in [0.1, 0.15) is 47.3 Å². The molecule has 1 aliphatic carbocycles. The van der Waals surface area contributed by atoms with Crippen molar-refractivity contribution < 1.29 is 9.90 Å². The third-order valence-electron chi connectivity index (χ3n) is 6.52. The van der Waals surface area contributed by atoms with E-state index >= 15 is 0 Å². The molecule has 0 spiro atoms. The number of benzene rings is 2. The highest BCUT2D eigenvalue weighted by Gasteiger charge is 2.41. The fourth-order valence-corrected chi connectivity index (χ4v) is 5.00. The summed E-state index contributed by atoms with van der Waals surface area (Å²) in [6.45, 7) is 8.41. The number of carboxylic acids is 1. The number of nitrogens with zero attached hydrogens (tertiary/aromatic N) is 2. The first kappa shape index (κ1) is 20.2. The highest BCUT2D eigenvalue weighted by Crippen LogP contribution is 2.41. The van der Waals surface area contributed by atoms with E-state index in [9.17, 15) is 9.90 Å². The van der Waals surface area contributed by atoms with E-state index in [0.717, 1.165) is 35.7 Å². The standard InChI is InChI=1S/C24H29ClN2O2/c1-4-27(19-10-11-21(25)16(3)12-19)23(26-13-18(14-26)24(28)29)22-15(2)8-9-17-6-5-7-20(17)22/h8-12,18,23H,4-7,13-14H2,1-3H3,(H,28,29). The molecule has 2 aliphatic rings. The molecule has 1 saturated heterocycles. The van der Waals surface area contributed by atoms with Gasteiger partial charge in [-0.3, -0.25) is 9.69 Å². The molecule has 0 radical (unpaired) electrons. The van der Waals surface area contributed by atoms with Crippen molar-refractivity contribution in [2.45, 2.75) is 46.2 Å². The Morgan fingerprint density at radius 3 is 2.62 bits per heavy atom. The summed E-state index contributed by atoms with van der Waals surface area (Å²) in [5.74, 6) is -0.972. The minimum atomic E-state index is -0.694. The first-order chi connectivity index (χ1) is 13.9. The summed E-state index contributed by atoms with van der Waals surface area (Å²) >= 11 is 6.29. The Labute approximate surface area is 178 Å². The number of aliphatic carboxylic acids is 1. The highest BCUT2D eigenvalue weighted by molar-refractivity contribution is 6.31. The maximum atomic E-state index is 11.5. The minimum Gasteiger partial charge on any atom is -0.481 e. The van der Waals surface area contributed by atoms with Crippen LogP contribution >= 0.6 is 11.6 Å². The molecule has 2 aromatic carbocycles. The van der Waals surface area contributed by atoms with E-state index in [2.05, 4.69) is 47.9 Å². The van der Waals surface area contributed by atoms with Gasteiger partial charge in [0, 0.05) is 30.3 Å². The lowest BCUT2D eigenvalue weighted by Crippen LogP contribution is -2.56. The average molecular weight is 413 g/mol. The van der Waals surface area contributed by atoms with Crippen LogP contribution in [0.4, 0.5) is 5.69 Å². The molecule has 1 aliphatic heterocycles. The van der Waals surface area contributed by atoms with Crippen molar-refractivity contribution in [3.63, 3.8) is 0 Å². The van der Waals surface area contributed by atoms with E-state index < -0.39 is 5.97 Å². The molecule has 1 atom stereocenters. The monoisotopic (exact) mass is 412 g/mol. The average Bonchev–Trinajstić information content (AvgIpc) is 3.11. The van der Waals surface area contributed by atoms with E-state index in [1.165, 1.54) is 28.7 Å². The van der Waals surface area contributed by atoms with Gasteiger partial charge in [-0.2, -0.15) is 0 Å². The number of hydrogen-bond donors (Lipinski definition) is 1. The van der Waals surface area contributed by atoms with Crippen LogP contribution in [0.3, 0.4) is 0 Å². The SMILES string of the molecule is CCN(c1ccc(Cl)c(C)c1)C(c1c(C)ccc2c1CCC2)N1CC(C(=O)O)C1. The molecule has 4 nitrogen and oxygen atoms in total. The van der Waals surface area contributed by atoms with Crippen molar-refractivity contribution in [3.05, 3.63) is 63.2 Å². The van der Waals surface area contributed by atoms with Gasteiger partial charge in [0.25, 0.3) is 0 Å². The van der Waals surface area contributed by atoms with Crippen molar-refractivity contribution in [1.29, 1.82) is 0 Å². The highest BCUT2D eigenvalue weighted by atomic mass is 35.5. The van der Waals surface area contributed by atoms with Crippen LogP contribution in [-0.2, 0) is 17.6 Å². The van der Waals surface area contributed by atoms with E-state index in [-0.39, 0.29) is 12.1 Å². The van der Waals surface area contributed by atoms with Crippen LogP contribution < -0.4 is 4.90 Å². The lowest BCUT2D eigenvalue weighted by atomic mass is 9.90. The summed E-state index contributed by atoms with van der Waals surface area (Å²) in [4.78, 5) is 16.2. The van der Waals surface area contributed by atoms with Crippen molar-refractivity contribution in [1.82, 2.24) is 4.90 Å². The molecule has 0 saturated carbocycles. The molecule has 2 aromatic rings. The normalized spacial score (nSPS) is 17.7. The molecule has 1 fully saturated rings. The second-order valence-electron chi connectivity index (χ2n) is 8.37. The summed E-state index contributed by atoms with van der Waals surface area (Å²) in [5.41, 5.74) is 7.78. The molecule has 0 aromatic heterocycles. The van der Waals surface area contributed by atoms with Gasteiger partial charge in [-0.25, -0.2) is 0 Å². The summed E-state index contributed by atoms with van der Waals surface area (Å²) in [6.07, 6.45) is 3.49. The Hall–Kier alpha value is -2.04. The van der Waals surface area contributed by atoms with E-state index in [1.807, 2.05) is 13.0 Å². The van der Waals surface area contributed by atoms with Gasteiger partial charge in [0.15, 0.2) is 0 Å². The Kier molecular flexibility index (Phi) is 5.58. The minimum absolute atomic E-state index is 0.0456. The Morgan fingerprint density at radius 2 is 1.97 bits per heavy atom. The molecule has 1 N–H and O–H groups in total. The van der Waals surface area contributed by atoms with Gasteiger partial charge in [0.1, 0.15) is 6.17 Å². The number of anilines is 1. The number of rotatable bonds is 6. The van der Waals surface area contributed by atoms with Gasteiger partial charge in [-0.15, -0.1) is 0 Å². The zero-order valence-corrected chi connectivity index (χ0v) is 18.2. The van der Waals surface area contributed by atoms with Gasteiger partial charge < -0.3 is 10.0 Å². The molecular formula is C24H29ClN2O2.